The van der Waals surface area contributed by atoms with E-state index in [0.29, 0.717) is 17.2 Å². The normalized spacial score (nSPS) is 32.6. The molecule has 0 unspecified atom stereocenters. The summed E-state index contributed by atoms with van der Waals surface area (Å²) in [6.45, 7) is 2.27. The van der Waals surface area contributed by atoms with Crippen molar-refractivity contribution in [1.82, 2.24) is 5.32 Å². The van der Waals surface area contributed by atoms with Crippen molar-refractivity contribution in [3.05, 3.63) is 42.5 Å². The third-order valence-electron chi connectivity index (χ3n) is 7.47. The molecule has 4 bridgehead atoms. The number of rotatable bonds is 5. The number of thioether (sulfide) groups is 1. The summed E-state index contributed by atoms with van der Waals surface area (Å²) in [5.74, 6) is 3.50. The topological polar surface area (TPSA) is 29.1 Å². The fourth-order valence-corrected chi connectivity index (χ4v) is 7.31. The Morgan fingerprint density at radius 3 is 2.33 bits per heavy atom. The Kier molecular flexibility index (Phi) is 4.46. The third-order valence-corrected chi connectivity index (χ3v) is 8.47. The van der Waals surface area contributed by atoms with E-state index in [1.165, 1.54) is 54.2 Å². The number of nitrogens with one attached hydrogen (secondary N) is 1. The Morgan fingerprint density at radius 1 is 1.04 bits per heavy atom. The lowest BCUT2D eigenvalue weighted by Gasteiger charge is -2.59. The van der Waals surface area contributed by atoms with Crippen LogP contribution in [0, 0.1) is 23.2 Å². The van der Waals surface area contributed by atoms with E-state index in [-0.39, 0.29) is 5.91 Å². The average Bonchev–Trinajstić information content (AvgIpc) is 2.65. The van der Waals surface area contributed by atoms with E-state index in [1.807, 2.05) is 0 Å². The van der Waals surface area contributed by atoms with Gasteiger partial charge in [-0.05, 0) is 91.5 Å². The molecule has 0 heterocycles. The number of fused-ring (bicyclic) bond motifs is 1. The van der Waals surface area contributed by atoms with Crippen molar-refractivity contribution in [2.45, 2.75) is 56.4 Å². The summed E-state index contributed by atoms with van der Waals surface area (Å²) >= 11 is 1.65. The fraction of sp³-hybridized carbons (Fsp3) is 0.542. The molecule has 0 radical (unpaired) electrons. The molecule has 1 amide bonds. The highest BCUT2D eigenvalue weighted by molar-refractivity contribution is 8.00. The van der Waals surface area contributed by atoms with Crippen molar-refractivity contribution in [3.63, 3.8) is 0 Å². The molecule has 2 aromatic rings. The van der Waals surface area contributed by atoms with Gasteiger partial charge in [0.25, 0.3) is 0 Å². The van der Waals surface area contributed by atoms with Gasteiger partial charge >= 0.3 is 0 Å². The lowest BCUT2D eigenvalue weighted by molar-refractivity contribution is -0.123. The van der Waals surface area contributed by atoms with E-state index < -0.39 is 0 Å². The van der Waals surface area contributed by atoms with Crippen LogP contribution in [0.4, 0.5) is 0 Å². The Hall–Kier alpha value is -1.48. The van der Waals surface area contributed by atoms with Gasteiger partial charge in [-0.1, -0.05) is 30.3 Å². The summed E-state index contributed by atoms with van der Waals surface area (Å²) in [5.41, 5.74) is 0.387. The monoisotopic (exact) mass is 379 g/mol. The van der Waals surface area contributed by atoms with Gasteiger partial charge in [0.05, 0.1) is 5.75 Å². The molecule has 0 saturated heterocycles. The molecule has 1 atom stereocenters. The zero-order chi connectivity index (χ0) is 18.4. The maximum Gasteiger partial charge on any atom is 0.230 e. The predicted octanol–water partition coefficient (Wildman–Crippen LogP) is 5.65. The van der Waals surface area contributed by atoms with Crippen molar-refractivity contribution >= 4 is 28.4 Å². The smallest absolute Gasteiger partial charge is 0.230 e. The average molecular weight is 380 g/mol. The van der Waals surface area contributed by atoms with E-state index in [2.05, 4.69) is 54.7 Å². The highest BCUT2D eigenvalue weighted by Gasteiger charge is 2.53. The van der Waals surface area contributed by atoms with Gasteiger partial charge in [-0.15, -0.1) is 11.8 Å². The number of hydrogen-bond acceptors (Lipinski definition) is 2. The SMILES string of the molecule is C[C@@H](NC(=O)CSc1ccc2ccccc2c1)C12CC3CC(CC(C3)C1)C2. The van der Waals surface area contributed by atoms with Crippen LogP contribution in [0.15, 0.2) is 47.4 Å². The summed E-state index contributed by atoms with van der Waals surface area (Å²) in [5, 5.41) is 5.88. The minimum Gasteiger partial charge on any atom is -0.352 e. The van der Waals surface area contributed by atoms with Crippen molar-refractivity contribution in [2.75, 3.05) is 5.75 Å². The van der Waals surface area contributed by atoms with E-state index >= 15 is 0 Å². The summed E-state index contributed by atoms with van der Waals surface area (Å²) in [6.07, 6.45) is 8.40. The summed E-state index contributed by atoms with van der Waals surface area (Å²) in [7, 11) is 0. The Balaban J connectivity index is 1.20. The largest absolute Gasteiger partial charge is 0.352 e. The van der Waals surface area contributed by atoms with Crippen molar-refractivity contribution in [3.8, 4) is 0 Å². The van der Waals surface area contributed by atoms with Crippen LogP contribution in [0.25, 0.3) is 10.8 Å². The molecular weight excluding hydrogens is 350 g/mol. The molecule has 4 aliphatic carbocycles. The van der Waals surface area contributed by atoms with Gasteiger partial charge in [0.2, 0.25) is 5.91 Å². The highest BCUT2D eigenvalue weighted by Crippen LogP contribution is 2.61. The number of benzene rings is 2. The second kappa shape index (κ2) is 6.84. The van der Waals surface area contributed by atoms with Gasteiger partial charge in [-0.2, -0.15) is 0 Å². The lowest BCUT2D eigenvalue weighted by atomic mass is 9.48. The molecule has 142 valence electrons. The summed E-state index contributed by atoms with van der Waals surface area (Å²) in [4.78, 5) is 13.8. The molecule has 0 aliphatic heterocycles. The van der Waals surface area contributed by atoms with E-state index in [9.17, 15) is 4.79 Å². The molecule has 1 N–H and O–H groups in total. The lowest BCUT2D eigenvalue weighted by Crippen LogP contribution is -2.56. The van der Waals surface area contributed by atoms with Gasteiger partial charge in [0, 0.05) is 10.9 Å². The minimum atomic E-state index is 0.191. The van der Waals surface area contributed by atoms with Gasteiger partial charge < -0.3 is 5.32 Å². The van der Waals surface area contributed by atoms with Crippen LogP contribution >= 0.6 is 11.8 Å². The maximum atomic E-state index is 12.7. The first-order chi connectivity index (χ1) is 13.1. The van der Waals surface area contributed by atoms with E-state index in [4.69, 9.17) is 0 Å². The van der Waals surface area contributed by atoms with Crippen LogP contribution in [-0.2, 0) is 4.79 Å². The Labute approximate surface area is 166 Å². The molecule has 0 aromatic heterocycles. The van der Waals surface area contributed by atoms with Crippen LogP contribution in [0.1, 0.15) is 45.4 Å². The van der Waals surface area contributed by atoms with E-state index in [0.717, 1.165) is 17.8 Å². The molecule has 2 aromatic carbocycles. The summed E-state index contributed by atoms with van der Waals surface area (Å²) < 4.78 is 0. The molecule has 27 heavy (non-hydrogen) atoms. The van der Waals surface area contributed by atoms with Gasteiger partial charge in [0.15, 0.2) is 0 Å². The summed E-state index contributed by atoms with van der Waals surface area (Å²) in [6, 6.07) is 15.2. The number of carbonyl (C=O) groups is 1. The van der Waals surface area contributed by atoms with Crippen LogP contribution in [0.5, 0.6) is 0 Å². The highest BCUT2D eigenvalue weighted by atomic mass is 32.2. The first kappa shape index (κ1) is 17.6. The standard InChI is InChI=1S/C24H29NOS/c1-16(24-12-17-8-18(13-24)10-19(9-17)14-24)25-23(26)15-27-22-7-6-20-4-2-3-5-21(20)11-22/h2-7,11,16-19H,8-10,12-15H2,1H3,(H,25,26)/t16-,17?,18?,19?,24?/m1/s1. The van der Waals surface area contributed by atoms with Crippen molar-refractivity contribution in [1.29, 1.82) is 0 Å². The molecule has 6 rings (SSSR count). The first-order valence-corrected chi connectivity index (χ1v) is 11.5. The zero-order valence-corrected chi connectivity index (χ0v) is 16.9. The second-order valence-corrected chi connectivity index (χ2v) is 10.4. The Bertz CT molecular complexity index is 825. The van der Waals surface area contributed by atoms with Gasteiger partial charge in [-0.25, -0.2) is 0 Å². The number of carbonyl (C=O) groups excluding carboxylic acids is 1. The van der Waals surface area contributed by atoms with Gasteiger partial charge in [-0.3, -0.25) is 4.79 Å². The molecule has 0 spiro atoms. The first-order valence-electron chi connectivity index (χ1n) is 10.5. The number of amides is 1. The second-order valence-electron chi connectivity index (χ2n) is 9.37. The van der Waals surface area contributed by atoms with Crippen LogP contribution in [0.2, 0.25) is 0 Å². The Morgan fingerprint density at radius 2 is 1.67 bits per heavy atom. The van der Waals surface area contributed by atoms with Gasteiger partial charge in [0.1, 0.15) is 0 Å². The zero-order valence-electron chi connectivity index (χ0n) is 16.1. The molecule has 2 nitrogen and oxygen atoms in total. The molecular formula is C24H29NOS. The molecule has 4 fully saturated rings. The van der Waals surface area contributed by atoms with Crippen LogP contribution in [-0.4, -0.2) is 17.7 Å². The number of hydrogen-bond donors (Lipinski definition) is 1. The predicted molar refractivity (Wildman–Crippen MR) is 113 cm³/mol. The van der Waals surface area contributed by atoms with Crippen molar-refractivity contribution < 1.29 is 4.79 Å². The van der Waals surface area contributed by atoms with Crippen LogP contribution < -0.4 is 5.32 Å². The molecule has 4 aliphatic rings. The fourth-order valence-electron chi connectivity index (χ4n) is 6.55. The quantitative estimate of drug-likeness (QED) is 0.680. The van der Waals surface area contributed by atoms with E-state index in [1.54, 1.807) is 11.8 Å². The minimum absolute atomic E-state index is 0.191. The van der Waals surface area contributed by atoms with Crippen LogP contribution in [0.3, 0.4) is 0 Å². The third kappa shape index (κ3) is 3.40. The molecule has 4 saturated carbocycles. The van der Waals surface area contributed by atoms with Crippen molar-refractivity contribution in [2.24, 2.45) is 23.2 Å². The molecule has 3 heteroatoms. The maximum absolute atomic E-state index is 12.7.